The van der Waals surface area contributed by atoms with Crippen molar-refractivity contribution in [3.63, 3.8) is 0 Å². The lowest BCUT2D eigenvalue weighted by Crippen LogP contribution is -2.50. The SMILES string of the molecule is CNC(=O)[C@H](CCC(=O)OC(C)(C)C)NC(=O)[C@H](CCC(C)C)C(=O)N(O)CSc1ccc(O)cc1. The predicted octanol–water partition coefficient (Wildman–Crippen LogP) is 3.06. The van der Waals surface area contributed by atoms with Crippen molar-refractivity contribution in [3.8, 4) is 5.75 Å². The van der Waals surface area contributed by atoms with Gasteiger partial charge in [0, 0.05) is 18.4 Å². The number of ether oxygens (including phenoxy) is 1. The molecule has 36 heavy (non-hydrogen) atoms. The van der Waals surface area contributed by atoms with Gasteiger partial charge in [0.25, 0.3) is 5.91 Å². The minimum atomic E-state index is -1.22. The van der Waals surface area contributed by atoms with Crippen LogP contribution in [0.25, 0.3) is 0 Å². The number of amides is 3. The van der Waals surface area contributed by atoms with E-state index in [1.807, 2.05) is 13.8 Å². The molecule has 0 aliphatic rings. The number of likely N-dealkylation sites (N-methyl/N-ethyl adjacent to an activating group) is 1. The number of phenols is 1. The third-order valence-corrected chi connectivity index (χ3v) is 6.01. The second-order valence-corrected chi connectivity index (χ2v) is 10.8. The predicted molar refractivity (Wildman–Crippen MR) is 136 cm³/mol. The van der Waals surface area contributed by atoms with Crippen LogP contribution in [-0.2, 0) is 23.9 Å². The van der Waals surface area contributed by atoms with Crippen molar-refractivity contribution in [2.45, 2.75) is 76.8 Å². The summed E-state index contributed by atoms with van der Waals surface area (Å²) in [5, 5.41) is 25.3. The Labute approximate surface area is 217 Å². The van der Waals surface area contributed by atoms with Gasteiger partial charge in [-0.3, -0.25) is 24.4 Å². The number of aromatic hydroxyl groups is 1. The molecule has 0 fully saturated rings. The number of phenolic OH excluding ortho intramolecular Hbond substituents is 1. The molecule has 0 bridgehead atoms. The average molecular weight is 526 g/mol. The molecular formula is C25H39N3O7S. The topological polar surface area (TPSA) is 145 Å². The van der Waals surface area contributed by atoms with Crippen LogP contribution in [0.5, 0.6) is 5.75 Å². The monoisotopic (exact) mass is 525 g/mol. The zero-order valence-corrected chi connectivity index (χ0v) is 22.7. The number of nitrogens with zero attached hydrogens (tertiary/aromatic N) is 1. The summed E-state index contributed by atoms with van der Waals surface area (Å²) in [6, 6.07) is 5.20. The van der Waals surface area contributed by atoms with Gasteiger partial charge >= 0.3 is 5.97 Å². The molecule has 0 saturated heterocycles. The van der Waals surface area contributed by atoms with Crippen LogP contribution < -0.4 is 10.6 Å². The minimum absolute atomic E-state index is 0.00897. The Morgan fingerprint density at radius 3 is 2.17 bits per heavy atom. The molecule has 0 radical (unpaired) electrons. The first-order valence-corrected chi connectivity index (χ1v) is 12.9. The van der Waals surface area contributed by atoms with Gasteiger partial charge in [-0.2, -0.15) is 0 Å². The third-order valence-electron chi connectivity index (χ3n) is 5.03. The van der Waals surface area contributed by atoms with Crippen molar-refractivity contribution < 1.29 is 34.2 Å². The van der Waals surface area contributed by atoms with Crippen LogP contribution in [0.3, 0.4) is 0 Å². The maximum absolute atomic E-state index is 13.1. The van der Waals surface area contributed by atoms with E-state index in [4.69, 9.17) is 4.74 Å². The van der Waals surface area contributed by atoms with Crippen LogP contribution in [0, 0.1) is 11.8 Å². The molecule has 0 heterocycles. The van der Waals surface area contributed by atoms with Crippen LogP contribution >= 0.6 is 11.8 Å². The highest BCUT2D eigenvalue weighted by molar-refractivity contribution is 7.99. The second-order valence-electron chi connectivity index (χ2n) is 9.83. The largest absolute Gasteiger partial charge is 0.508 e. The Hall–Kier alpha value is -2.79. The lowest BCUT2D eigenvalue weighted by atomic mass is 9.95. The van der Waals surface area contributed by atoms with Crippen molar-refractivity contribution in [2.24, 2.45) is 11.8 Å². The lowest BCUT2D eigenvalue weighted by molar-refractivity contribution is -0.168. The van der Waals surface area contributed by atoms with Gasteiger partial charge in [0.1, 0.15) is 23.3 Å². The van der Waals surface area contributed by atoms with Gasteiger partial charge in [0.05, 0.1) is 5.88 Å². The minimum Gasteiger partial charge on any atom is -0.508 e. The smallest absolute Gasteiger partial charge is 0.306 e. The van der Waals surface area contributed by atoms with Gasteiger partial charge in [0.15, 0.2) is 0 Å². The number of hydroxylamine groups is 2. The van der Waals surface area contributed by atoms with E-state index in [0.29, 0.717) is 16.4 Å². The fraction of sp³-hybridized carbons (Fsp3) is 0.600. The molecule has 3 amide bonds. The van der Waals surface area contributed by atoms with Gasteiger partial charge < -0.3 is 20.5 Å². The molecule has 11 heteroatoms. The van der Waals surface area contributed by atoms with E-state index in [1.165, 1.54) is 19.2 Å². The van der Waals surface area contributed by atoms with Crippen molar-refractivity contribution in [3.05, 3.63) is 24.3 Å². The average Bonchev–Trinajstić information content (AvgIpc) is 2.79. The number of carbonyl (C=O) groups excluding carboxylic acids is 4. The summed E-state index contributed by atoms with van der Waals surface area (Å²) in [6.07, 6.45) is 0.613. The highest BCUT2D eigenvalue weighted by atomic mass is 32.2. The Morgan fingerprint density at radius 1 is 1.03 bits per heavy atom. The molecule has 0 aliphatic carbocycles. The summed E-state index contributed by atoms with van der Waals surface area (Å²) in [6.45, 7) is 9.09. The van der Waals surface area contributed by atoms with E-state index >= 15 is 0 Å². The molecule has 1 rings (SSSR count). The molecule has 2 atom stereocenters. The second kappa shape index (κ2) is 14.7. The number of hydrogen-bond acceptors (Lipinski definition) is 8. The molecule has 0 aromatic heterocycles. The summed E-state index contributed by atoms with van der Waals surface area (Å²) in [5.74, 6) is -3.56. The molecule has 4 N–H and O–H groups in total. The number of esters is 1. The molecule has 1 aromatic carbocycles. The summed E-state index contributed by atoms with van der Waals surface area (Å²) < 4.78 is 5.27. The highest BCUT2D eigenvalue weighted by Gasteiger charge is 2.33. The first-order valence-electron chi connectivity index (χ1n) is 11.9. The number of carbonyl (C=O) groups is 4. The van der Waals surface area contributed by atoms with Crippen molar-refractivity contribution >= 4 is 35.5 Å². The van der Waals surface area contributed by atoms with E-state index in [2.05, 4.69) is 10.6 Å². The van der Waals surface area contributed by atoms with Crippen molar-refractivity contribution in [1.29, 1.82) is 0 Å². The molecule has 202 valence electrons. The fourth-order valence-corrected chi connectivity index (χ4v) is 3.89. The first kappa shape index (κ1) is 31.2. The fourth-order valence-electron chi connectivity index (χ4n) is 3.16. The number of nitrogens with one attached hydrogen (secondary N) is 2. The van der Waals surface area contributed by atoms with Gasteiger partial charge in [0.2, 0.25) is 11.8 Å². The van der Waals surface area contributed by atoms with Gasteiger partial charge in [-0.15, -0.1) is 11.8 Å². The summed E-state index contributed by atoms with van der Waals surface area (Å²) in [7, 11) is 1.41. The zero-order valence-electron chi connectivity index (χ0n) is 21.9. The summed E-state index contributed by atoms with van der Waals surface area (Å²) in [4.78, 5) is 51.3. The Morgan fingerprint density at radius 2 is 1.64 bits per heavy atom. The Balaban J connectivity index is 2.90. The van der Waals surface area contributed by atoms with Gasteiger partial charge in [-0.25, -0.2) is 5.06 Å². The quantitative estimate of drug-likeness (QED) is 0.0768. The van der Waals surface area contributed by atoms with Crippen LogP contribution in [0.2, 0.25) is 0 Å². The van der Waals surface area contributed by atoms with Crippen LogP contribution in [0.4, 0.5) is 0 Å². The zero-order chi connectivity index (χ0) is 27.5. The van der Waals surface area contributed by atoms with Crippen molar-refractivity contribution in [2.75, 3.05) is 12.9 Å². The highest BCUT2D eigenvalue weighted by Crippen LogP contribution is 2.23. The maximum atomic E-state index is 13.1. The van der Waals surface area contributed by atoms with Gasteiger partial charge in [-0.1, -0.05) is 13.8 Å². The van der Waals surface area contributed by atoms with E-state index in [9.17, 15) is 29.5 Å². The van der Waals surface area contributed by atoms with Crippen LogP contribution in [0.15, 0.2) is 29.2 Å². The van der Waals surface area contributed by atoms with Crippen LogP contribution in [-0.4, -0.2) is 63.6 Å². The van der Waals surface area contributed by atoms with E-state index in [0.717, 1.165) is 11.8 Å². The number of hydrogen-bond donors (Lipinski definition) is 4. The van der Waals surface area contributed by atoms with E-state index in [1.54, 1.807) is 32.9 Å². The summed E-state index contributed by atoms with van der Waals surface area (Å²) in [5.41, 5.74) is -0.681. The maximum Gasteiger partial charge on any atom is 0.306 e. The first-order chi connectivity index (χ1) is 16.7. The van der Waals surface area contributed by atoms with E-state index < -0.39 is 41.3 Å². The molecule has 10 nitrogen and oxygen atoms in total. The van der Waals surface area contributed by atoms with Crippen LogP contribution in [0.1, 0.15) is 60.3 Å². The standard InChI is InChI=1S/C25H39N3O7S/c1-16(2)7-12-19(24(33)28(34)15-36-18-10-8-17(29)9-11-18)22(31)27-20(23(32)26-6)13-14-21(30)35-25(3,4)5/h8-11,16,19-20,29,34H,7,12-15H2,1-6H3,(H,26,32)(H,27,31)/t19-,20-/m0/s1. The normalized spacial score (nSPS) is 13.0. The molecule has 0 aliphatic heterocycles. The molecule has 0 unspecified atom stereocenters. The number of thioether (sulfide) groups is 1. The molecular weight excluding hydrogens is 486 g/mol. The molecule has 0 saturated carbocycles. The lowest BCUT2D eigenvalue weighted by Gasteiger charge is -2.25. The van der Waals surface area contributed by atoms with E-state index in [-0.39, 0.29) is 36.8 Å². The summed E-state index contributed by atoms with van der Waals surface area (Å²) >= 11 is 1.15. The van der Waals surface area contributed by atoms with Gasteiger partial charge in [-0.05, 0) is 70.2 Å². The van der Waals surface area contributed by atoms with Crippen molar-refractivity contribution in [1.82, 2.24) is 15.7 Å². The Bertz CT molecular complexity index is 885. The molecule has 0 spiro atoms. The Kier molecular flexibility index (Phi) is 12.8. The third kappa shape index (κ3) is 11.8. The number of rotatable bonds is 13. The number of benzene rings is 1. The molecule has 1 aromatic rings.